The van der Waals surface area contributed by atoms with Crippen LogP contribution in [0.15, 0.2) is 0 Å². The van der Waals surface area contributed by atoms with Gasteiger partial charge in [0.2, 0.25) is 0 Å². The predicted octanol–water partition coefficient (Wildman–Crippen LogP) is 3.89. The van der Waals surface area contributed by atoms with Gasteiger partial charge in [-0.1, -0.05) is 62.8 Å². The van der Waals surface area contributed by atoms with Crippen molar-refractivity contribution in [2.75, 3.05) is 14.1 Å². The van der Waals surface area contributed by atoms with E-state index >= 15 is 0 Å². The first kappa shape index (κ1) is 52.4. The molecule has 0 aromatic rings. The smallest absolute Gasteiger partial charge is 0.0195 e. The highest BCUT2D eigenvalue weighted by Gasteiger charge is 1.35. The molecular formula is C11H38N2. The van der Waals surface area contributed by atoms with Crippen LogP contribution in [0, 0.1) is 0 Å². The van der Waals surface area contributed by atoms with Crippen LogP contribution in [0.2, 0.25) is 0 Å². The number of hydrogen-bond acceptors (Lipinski definition) is 2. The number of rotatable bonds is 0. The first-order valence-corrected chi connectivity index (χ1v) is 4.57. The first-order chi connectivity index (χ1) is 5.41. The maximum Gasteiger partial charge on any atom is -0.0195 e. The average Bonchev–Trinajstić information content (AvgIpc) is 2.18. The maximum atomic E-state index is 4.50. The third-order valence-electron chi connectivity index (χ3n) is 0. The van der Waals surface area contributed by atoms with Gasteiger partial charge >= 0.3 is 0 Å². The van der Waals surface area contributed by atoms with Crippen LogP contribution in [-0.4, -0.2) is 14.1 Å². The SMILES string of the molecule is C.C.CC.CC.CCC.CN.CN. The molecule has 0 aliphatic rings. The van der Waals surface area contributed by atoms with Crippen molar-refractivity contribution in [3.05, 3.63) is 0 Å². The summed E-state index contributed by atoms with van der Waals surface area (Å²) in [5, 5.41) is 0. The molecule has 0 bridgehead atoms. The van der Waals surface area contributed by atoms with Crippen molar-refractivity contribution in [3.8, 4) is 0 Å². The van der Waals surface area contributed by atoms with Gasteiger partial charge in [0, 0.05) is 0 Å². The molecule has 0 aliphatic heterocycles. The highest BCUT2D eigenvalue weighted by Crippen LogP contribution is 1.56. The molecule has 0 amide bonds. The zero-order valence-electron chi connectivity index (χ0n) is 9.86. The van der Waals surface area contributed by atoms with E-state index in [2.05, 4.69) is 25.3 Å². The molecule has 4 N–H and O–H groups in total. The lowest BCUT2D eigenvalue weighted by Crippen LogP contribution is -1.69. The minimum absolute atomic E-state index is 0. The van der Waals surface area contributed by atoms with Gasteiger partial charge in [-0.3, -0.25) is 0 Å². The zero-order valence-corrected chi connectivity index (χ0v) is 9.86. The highest BCUT2D eigenvalue weighted by molar-refractivity contribution is 3.92. The van der Waals surface area contributed by atoms with Gasteiger partial charge in [0.25, 0.3) is 0 Å². The molecule has 0 spiro atoms. The van der Waals surface area contributed by atoms with Crippen LogP contribution in [0.3, 0.4) is 0 Å². The average molecular weight is 198 g/mol. The van der Waals surface area contributed by atoms with Crippen molar-refractivity contribution in [1.29, 1.82) is 0 Å². The summed E-state index contributed by atoms with van der Waals surface area (Å²) in [6.45, 7) is 12.2. The Balaban J connectivity index is -0.00000000676. The lowest BCUT2D eigenvalue weighted by Gasteiger charge is -1.48. The fourth-order valence-electron chi connectivity index (χ4n) is 0. The molecule has 13 heavy (non-hydrogen) atoms. The minimum atomic E-state index is 0. The molecule has 2 nitrogen and oxygen atoms in total. The van der Waals surface area contributed by atoms with Crippen LogP contribution in [-0.2, 0) is 0 Å². The molecule has 0 saturated carbocycles. The van der Waals surface area contributed by atoms with Crippen LogP contribution in [0.5, 0.6) is 0 Å². The minimum Gasteiger partial charge on any atom is -0.333 e. The van der Waals surface area contributed by atoms with Gasteiger partial charge in [0.1, 0.15) is 0 Å². The van der Waals surface area contributed by atoms with Gasteiger partial charge in [0.05, 0.1) is 0 Å². The van der Waals surface area contributed by atoms with Crippen LogP contribution < -0.4 is 11.5 Å². The van der Waals surface area contributed by atoms with Gasteiger partial charge in [0.15, 0.2) is 0 Å². The summed E-state index contributed by atoms with van der Waals surface area (Å²) in [4.78, 5) is 0. The lowest BCUT2D eigenvalue weighted by molar-refractivity contribution is 1.09. The molecule has 0 atom stereocenters. The summed E-state index contributed by atoms with van der Waals surface area (Å²) in [5.74, 6) is 0. The highest BCUT2D eigenvalue weighted by atomic mass is 14.4. The molecule has 0 unspecified atom stereocenters. The van der Waals surface area contributed by atoms with E-state index in [0.717, 1.165) is 0 Å². The van der Waals surface area contributed by atoms with E-state index in [0.29, 0.717) is 0 Å². The fraction of sp³-hybridized carbons (Fsp3) is 1.00. The second kappa shape index (κ2) is 1680. The Bertz CT molecular complexity index is 8.05. The quantitative estimate of drug-likeness (QED) is 0.620. The van der Waals surface area contributed by atoms with Gasteiger partial charge < -0.3 is 11.5 Å². The van der Waals surface area contributed by atoms with Gasteiger partial charge in [-0.05, 0) is 14.1 Å². The Morgan fingerprint density at radius 3 is 0.615 bits per heavy atom. The van der Waals surface area contributed by atoms with E-state index in [4.69, 9.17) is 0 Å². The second-order valence-corrected chi connectivity index (χ2v) is 0.707. The standard InChI is InChI=1S/C3H8.2C2H6.2CH5N.2CH4/c1-3-2;4*1-2;;/h3H2,1-2H3;2*1-2H3;2*2H2,1H3;2*1H4. The topological polar surface area (TPSA) is 52.0 Å². The summed E-state index contributed by atoms with van der Waals surface area (Å²) in [6.07, 6.45) is 1.25. The molecule has 0 rings (SSSR count). The van der Waals surface area contributed by atoms with Crippen LogP contribution in [0.4, 0.5) is 0 Å². The van der Waals surface area contributed by atoms with Crippen molar-refractivity contribution in [3.63, 3.8) is 0 Å². The van der Waals surface area contributed by atoms with Crippen molar-refractivity contribution < 1.29 is 0 Å². The zero-order chi connectivity index (χ0) is 10.7. The number of hydrogen-bond donors (Lipinski definition) is 2. The van der Waals surface area contributed by atoms with E-state index in [9.17, 15) is 0 Å². The molecular weight excluding hydrogens is 160 g/mol. The summed E-state index contributed by atoms with van der Waals surface area (Å²) < 4.78 is 0. The maximum absolute atomic E-state index is 4.50. The van der Waals surface area contributed by atoms with Crippen molar-refractivity contribution in [2.45, 2.75) is 62.8 Å². The molecule has 2 heteroatoms. The summed E-state index contributed by atoms with van der Waals surface area (Å²) in [5.41, 5.74) is 9.00. The lowest BCUT2D eigenvalue weighted by atomic mass is 10.6. The Morgan fingerprint density at radius 1 is 0.615 bits per heavy atom. The molecule has 0 aromatic carbocycles. The molecule has 0 fully saturated rings. The van der Waals surface area contributed by atoms with E-state index in [1.807, 2.05) is 27.7 Å². The summed E-state index contributed by atoms with van der Waals surface area (Å²) in [6, 6.07) is 0. The van der Waals surface area contributed by atoms with Gasteiger partial charge in [-0.15, -0.1) is 0 Å². The monoisotopic (exact) mass is 198 g/mol. The molecule has 92 valence electrons. The van der Waals surface area contributed by atoms with E-state index in [-0.39, 0.29) is 14.9 Å². The molecule has 0 saturated heterocycles. The third kappa shape index (κ3) is 183000. The van der Waals surface area contributed by atoms with Gasteiger partial charge in [-0.2, -0.15) is 0 Å². The van der Waals surface area contributed by atoms with E-state index in [1.165, 1.54) is 20.5 Å². The van der Waals surface area contributed by atoms with Crippen LogP contribution in [0.25, 0.3) is 0 Å². The van der Waals surface area contributed by atoms with E-state index in [1.54, 1.807) is 0 Å². The molecule has 0 aliphatic carbocycles. The Morgan fingerprint density at radius 2 is 0.615 bits per heavy atom. The van der Waals surface area contributed by atoms with Crippen molar-refractivity contribution in [2.24, 2.45) is 11.5 Å². The Labute approximate surface area is 89.1 Å². The first-order valence-electron chi connectivity index (χ1n) is 4.57. The third-order valence-corrected chi connectivity index (χ3v) is 0. The van der Waals surface area contributed by atoms with Crippen LogP contribution >= 0.6 is 0 Å². The fourth-order valence-corrected chi connectivity index (χ4v) is 0. The van der Waals surface area contributed by atoms with Crippen molar-refractivity contribution >= 4 is 0 Å². The summed E-state index contributed by atoms with van der Waals surface area (Å²) >= 11 is 0. The van der Waals surface area contributed by atoms with Crippen LogP contribution in [0.1, 0.15) is 62.8 Å². The van der Waals surface area contributed by atoms with Gasteiger partial charge in [-0.25, -0.2) is 0 Å². The normalized spacial score (nSPS) is 3.23. The second-order valence-electron chi connectivity index (χ2n) is 0.707. The Kier molecular flexibility index (Phi) is 6770. The molecule has 0 heterocycles. The Hall–Kier alpha value is -0.0800. The number of nitrogens with two attached hydrogens (primary N) is 2. The molecule has 0 radical (unpaired) electrons. The summed E-state index contributed by atoms with van der Waals surface area (Å²) in [7, 11) is 3.00. The predicted molar refractivity (Wildman–Crippen MR) is 72.3 cm³/mol. The largest absolute Gasteiger partial charge is 0.333 e. The van der Waals surface area contributed by atoms with E-state index < -0.39 is 0 Å². The van der Waals surface area contributed by atoms with Crippen molar-refractivity contribution in [1.82, 2.24) is 0 Å². The molecule has 0 aromatic heterocycles.